The van der Waals surface area contributed by atoms with Crippen molar-refractivity contribution in [2.45, 2.75) is 4.90 Å². The quantitative estimate of drug-likeness (QED) is 0.510. The number of anilines is 3. The number of aromatic nitrogens is 1. The average molecular weight is 447 g/mol. The third-order valence-electron chi connectivity index (χ3n) is 3.78. The van der Waals surface area contributed by atoms with Gasteiger partial charge in [0.25, 0.3) is 15.9 Å². The summed E-state index contributed by atoms with van der Waals surface area (Å²) in [6, 6.07) is 16.4. The monoisotopic (exact) mass is 446 g/mol. The number of hydrogen-bond acceptors (Lipinski definition) is 6. The highest BCUT2D eigenvalue weighted by Gasteiger charge is 2.15. The van der Waals surface area contributed by atoms with Gasteiger partial charge in [0.2, 0.25) is 10.0 Å². The molecule has 1 amide bonds. The first-order valence-electron chi connectivity index (χ1n) is 8.55. The summed E-state index contributed by atoms with van der Waals surface area (Å²) >= 11 is 0. The number of amides is 1. The molecule has 156 valence electrons. The van der Waals surface area contributed by atoms with Crippen molar-refractivity contribution in [3.8, 4) is 0 Å². The lowest BCUT2D eigenvalue weighted by molar-refractivity contribution is 0.102. The molecule has 11 heteroatoms. The molecular formula is C19H18N4O5S2. The highest BCUT2D eigenvalue weighted by Crippen LogP contribution is 2.18. The van der Waals surface area contributed by atoms with Gasteiger partial charge in [0.15, 0.2) is 0 Å². The molecule has 0 atom stereocenters. The van der Waals surface area contributed by atoms with E-state index < -0.39 is 26.0 Å². The number of benzene rings is 2. The number of nitrogens with one attached hydrogen (secondary N) is 3. The van der Waals surface area contributed by atoms with Gasteiger partial charge in [-0.2, -0.15) is 0 Å². The molecule has 0 saturated heterocycles. The first-order chi connectivity index (χ1) is 14.1. The number of carbonyl (C=O) groups is 1. The fourth-order valence-corrected chi connectivity index (χ4v) is 4.02. The Morgan fingerprint density at radius 3 is 2.00 bits per heavy atom. The summed E-state index contributed by atoms with van der Waals surface area (Å²) in [5.41, 5.74) is 1.04. The number of carbonyl (C=O) groups excluding carboxylic acids is 1. The van der Waals surface area contributed by atoms with Gasteiger partial charge in [-0.3, -0.25) is 14.2 Å². The van der Waals surface area contributed by atoms with Gasteiger partial charge in [0.1, 0.15) is 5.82 Å². The van der Waals surface area contributed by atoms with Gasteiger partial charge >= 0.3 is 0 Å². The van der Waals surface area contributed by atoms with E-state index in [1.54, 1.807) is 12.1 Å². The van der Waals surface area contributed by atoms with Crippen molar-refractivity contribution in [3.05, 3.63) is 78.5 Å². The number of sulfonamides is 2. The Labute approximate surface area is 174 Å². The zero-order valence-corrected chi connectivity index (χ0v) is 17.4. The zero-order valence-electron chi connectivity index (χ0n) is 15.7. The fourth-order valence-electron chi connectivity index (χ4n) is 2.44. The molecule has 9 nitrogen and oxygen atoms in total. The zero-order chi connectivity index (χ0) is 21.8. The van der Waals surface area contributed by atoms with Crippen LogP contribution in [0.5, 0.6) is 0 Å². The van der Waals surface area contributed by atoms with Gasteiger partial charge in [0.05, 0.1) is 11.2 Å². The van der Waals surface area contributed by atoms with Crippen molar-refractivity contribution < 1.29 is 21.6 Å². The molecule has 3 aromatic rings. The van der Waals surface area contributed by atoms with Crippen LogP contribution in [0.15, 0.2) is 77.8 Å². The topological polar surface area (TPSA) is 134 Å². The van der Waals surface area contributed by atoms with Crippen LogP contribution in [0.4, 0.5) is 17.2 Å². The van der Waals surface area contributed by atoms with Crippen LogP contribution in [0, 0.1) is 0 Å². The molecule has 0 radical (unpaired) electrons. The normalized spacial score (nSPS) is 11.5. The Bertz CT molecular complexity index is 1240. The summed E-state index contributed by atoms with van der Waals surface area (Å²) in [5.74, 6) is -0.230. The lowest BCUT2D eigenvalue weighted by Gasteiger charge is -2.09. The van der Waals surface area contributed by atoms with Gasteiger partial charge in [-0.1, -0.05) is 6.07 Å². The molecule has 3 rings (SSSR count). The van der Waals surface area contributed by atoms with Crippen LogP contribution in [-0.2, 0) is 20.0 Å². The van der Waals surface area contributed by atoms with E-state index in [9.17, 15) is 21.6 Å². The predicted molar refractivity (Wildman–Crippen MR) is 114 cm³/mol. The Balaban J connectivity index is 1.67. The minimum absolute atomic E-state index is 0.0161. The molecular weight excluding hydrogens is 428 g/mol. The van der Waals surface area contributed by atoms with E-state index in [-0.39, 0.29) is 10.7 Å². The maximum Gasteiger partial charge on any atom is 0.263 e. The summed E-state index contributed by atoms with van der Waals surface area (Å²) in [7, 11) is -7.22. The molecule has 0 aliphatic carbocycles. The highest BCUT2D eigenvalue weighted by atomic mass is 32.2. The molecule has 0 aliphatic heterocycles. The Hall–Kier alpha value is -3.44. The Morgan fingerprint density at radius 1 is 0.800 bits per heavy atom. The highest BCUT2D eigenvalue weighted by molar-refractivity contribution is 7.92. The molecule has 30 heavy (non-hydrogen) atoms. The van der Waals surface area contributed by atoms with Crippen molar-refractivity contribution in [1.82, 2.24) is 4.98 Å². The summed E-state index contributed by atoms with van der Waals surface area (Å²) in [6.07, 6.45) is 2.50. The average Bonchev–Trinajstić information content (AvgIpc) is 2.68. The number of rotatable bonds is 7. The van der Waals surface area contributed by atoms with Crippen LogP contribution >= 0.6 is 0 Å². The van der Waals surface area contributed by atoms with Gasteiger partial charge in [-0.15, -0.1) is 0 Å². The third-order valence-corrected chi connectivity index (χ3v) is 5.75. The minimum Gasteiger partial charge on any atom is -0.322 e. The molecule has 0 saturated carbocycles. The maximum absolute atomic E-state index is 12.4. The van der Waals surface area contributed by atoms with Crippen molar-refractivity contribution in [3.63, 3.8) is 0 Å². The number of hydrogen-bond donors (Lipinski definition) is 3. The first kappa shape index (κ1) is 21.3. The summed E-state index contributed by atoms with van der Waals surface area (Å²) in [4.78, 5) is 16.3. The van der Waals surface area contributed by atoms with Crippen LogP contribution in [-0.4, -0.2) is 34.0 Å². The van der Waals surface area contributed by atoms with Crippen molar-refractivity contribution >= 4 is 43.1 Å². The lowest BCUT2D eigenvalue weighted by atomic mass is 10.2. The van der Waals surface area contributed by atoms with Gasteiger partial charge in [-0.05, 0) is 60.7 Å². The standard InChI is InChI=1S/C19H18N4O5S2/c1-29(25,26)22-16-7-5-14(6-8-16)19(24)21-15-9-11-17(12-10-15)30(27,28)23-18-4-2-3-13-20-18/h2-13,22H,1H3,(H,20,23)(H,21,24). The van der Waals surface area contributed by atoms with Crippen LogP contribution in [0.1, 0.15) is 10.4 Å². The second kappa shape index (κ2) is 8.51. The fraction of sp³-hybridized carbons (Fsp3) is 0.0526. The third kappa shape index (κ3) is 5.78. The first-order valence-corrected chi connectivity index (χ1v) is 11.9. The molecule has 0 spiro atoms. The van der Waals surface area contributed by atoms with Crippen LogP contribution in [0.3, 0.4) is 0 Å². The van der Waals surface area contributed by atoms with Gasteiger partial charge in [-0.25, -0.2) is 21.8 Å². The smallest absolute Gasteiger partial charge is 0.263 e. The predicted octanol–water partition coefficient (Wildman–Crippen LogP) is 2.51. The van der Waals surface area contributed by atoms with Crippen molar-refractivity contribution in [2.24, 2.45) is 0 Å². The largest absolute Gasteiger partial charge is 0.322 e. The van der Waals surface area contributed by atoms with E-state index in [0.717, 1.165) is 6.26 Å². The maximum atomic E-state index is 12.4. The summed E-state index contributed by atoms with van der Waals surface area (Å²) in [6.45, 7) is 0. The summed E-state index contributed by atoms with van der Waals surface area (Å²) < 4.78 is 51.9. The molecule has 2 aromatic carbocycles. The van der Waals surface area contributed by atoms with Crippen molar-refractivity contribution in [2.75, 3.05) is 21.0 Å². The second-order valence-electron chi connectivity index (χ2n) is 6.25. The van der Waals surface area contributed by atoms with E-state index in [2.05, 4.69) is 19.7 Å². The van der Waals surface area contributed by atoms with Crippen LogP contribution in [0.25, 0.3) is 0 Å². The van der Waals surface area contributed by atoms with E-state index in [1.165, 1.54) is 60.8 Å². The van der Waals surface area contributed by atoms with Crippen molar-refractivity contribution in [1.29, 1.82) is 0 Å². The van der Waals surface area contributed by atoms with E-state index in [0.29, 0.717) is 16.9 Å². The lowest BCUT2D eigenvalue weighted by Crippen LogP contribution is -2.15. The van der Waals surface area contributed by atoms with E-state index >= 15 is 0 Å². The van der Waals surface area contributed by atoms with Crippen LogP contribution in [0.2, 0.25) is 0 Å². The molecule has 3 N–H and O–H groups in total. The molecule has 1 heterocycles. The van der Waals surface area contributed by atoms with Gasteiger partial charge < -0.3 is 5.32 Å². The van der Waals surface area contributed by atoms with Gasteiger partial charge in [0, 0.05) is 23.1 Å². The number of pyridine rings is 1. The van der Waals surface area contributed by atoms with E-state index in [4.69, 9.17) is 0 Å². The Kier molecular flexibility index (Phi) is 6.04. The molecule has 0 aliphatic rings. The molecule has 1 aromatic heterocycles. The molecule has 0 fully saturated rings. The second-order valence-corrected chi connectivity index (χ2v) is 9.68. The SMILES string of the molecule is CS(=O)(=O)Nc1ccc(C(=O)Nc2ccc(S(=O)(=O)Nc3ccccn3)cc2)cc1. The molecule has 0 bridgehead atoms. The molecule has 0 unspecified atom stereocenters. The summed E-state index contributed by atoms with van der Waals surface area (Å²) in [5, 5.41) is 2.65. The minimum atomic E-state index is -3.81. The Morgan fingerprint density at radius 2 is 1.43 bits per heavy atom. The number of nitrogens with zero attached hydrogens (tertiary/aromatic N) is 1. The van der Waals surface area contributed by atoms with E-state index in [1.807, 2.05) is 0 Å². The van der Waals surface area contributed by atoms with Crippen LogP contribution < -0.4 is 14.8 Å².